The molecule has 0 bridgehead atoms. The number of nitrogens with zero attached hydrogens (tertiary/aromatic N) is 6. The number of nitriles is 2. The molecule has 278 valence electrons. The molecule has 0 aliphatic carbocycles. The first-order valence-electron chi connectivity index (χ1n) is 19.8. The number of para-hydroxylation sites is 3. The van der Waals surface area contributed by atoms with Crippen molar-refractivity contribution in [2.75, 3.05) is 0 Å². The topological polar surface area (TPSA) is 83.2 Å². The Bertz CT molecular complexity index is 3540. The second kappa shape index (κ2) is 14.1. The minimum Gasteiger partial charge on any atom is -0.309 e. The molecule has 0 fully saturated rings. The number of fused-ring (bicyclic) bond motifs is 7. The number of hydrogen-bond donors (Lipinski definition) is 0. The standard InChI is InChI=1S/C54H32N6/c55-33-39-31-38(52-46(34-56)51(35-15-5-1-6-16-35)57-54(58-52)36-17-7-2-8-18-36)25-27-42(39)37-26-29-48-45(32-37)43-28-30-49-50(53(43)60(48)41-21-11-4-12-22-41)44-23-13-14-24-47(44)59(49)40-19-9-3-10-20-40/h1-32H. The van der Waals surface area contributed by atoms with Crippen molar-refractivity contribution < 1.29 is 0 Å². The Balaban J connectivity index is 1.13. The Morgan fingerprint density at radius 1 is 0.400 bits per heavy atom. The van der Waals surface area contributed by atoms with E-state index in [1.807, 2.05) is 84.9 Å². The van der Waals surface area contributed by atoms with Crippen molar-refractivity contribution in [3.05, 3.63) is 205 Å². The van der Waals surface area contributed by atoms with E-state index in [-0.39, 0.29) is 0 Å². The van der Waals surface area contributed by atoms with Crippen LogP contribution in [0.4, 0.5) is 0 Å². The summed E-state index contributed by atoms with van der Waals surface area (Å²) >= 11 is 0. The highest BCUT2D eigenvalue weighted by atomic mass is 15.0. The summed E-state index contributed by atoms with van der Waals surface area (Å²) in [5.41, 5.74) is 12.5. The van der Waals surface area contributed by atoms with Crippen LogP contribution in [0.2, 0.25) is 0 Å². The summed E-state index contributed by atoms with van der Waals surface area (Å²) in [6, 6.07) is 70.8. The summed E-state index contributed by atoms with van der Waals surface area (Å²) in [4.78, 5) is 9.88. The van der Waals surface area contributed by atoms with Crippen LogP contribution in [0.3, 0.4) is 0 Å². The lowest BCUT2D eigenvalue weighted by Crippen LogP contribution is -2.01. The Morgan fingerprint density at radius 2 is 0.967 bits per heavy atom. The zero-order valence-corrected chi connectivity index (χ0v) is 32.2. The molecule has 6 heteroatoms. The second-order valence-electron chi connectivity index (χ2n) is 14.8. The first-order valence-corrected chi connectivity index (χ1v) is 19.8. The summed E-state index contributed by atoms with van der Waals surface area (Å²) in [5, 5.41) is 25.9. The first kappa shape index (κ1) is 34.7. The van der Waals surface area contributed by atoms with E-state index in [2.05, 4.69) is 130 Å². The van der Waals surface area contributed by atoms with Crippen molar-refractivity contribution >= 4 is 43.6 Å². The van der Waals surface area contributed by atoms with Crippen molar-refractivity contribution in [3.8, 4) is 68.5 Å². The number of hydrogen-bond acceptors (Lipinski definition) is 4. The van der Waals surface area contributed by atoms with E-state index in [0.717, 1.165) is 66.5 Å². The van der Waals surface area contributed by atoms with E-state index in [1.165, 1.54) is 10.8 Å². The molecule has 0 saturated carbocycles. The maximum Gasteiger partial charge on any atom is 0.160 e. The van der Waals surface area contributed by atoms with Gasteiger partial charge in [-0.15, -0.1) is 0 Å². The minimum absolute atomic E-state index is 0.354. The van der Waals surface area contributed by atoms with Crippen LogP contribution in [-0.2, 0) is 0 Å². The van der Waals surface area contributed by atoms with Gasteiger partial charge in [0, 0.05) is 49.6 Å². The normalized spacial score (nSPS) is 11.3. The van der Waals surface area contributed by atoms with Crippen LogP contribution >= 0.6 is 0 Å². The lowest BCUT2D eigenvalue weighted by atomic mass is 9.94. The molecule has 0 atom stereocenters. The molecular weight excluding hydrogens is 733 g/mol. The molecule has 0 N–H and O–H groups in total. The van der Waals surface area contributed by atoms with Gasteiger partial charge in [-0.05, 0) is 65.7 Å². The summed E-state index contributed by atoms with van der Waals surface area (Å²) < 4.78 is 4.73. The third-order valence-electron chi connectivity index (χ3n) is 11.4. The highest BCUT2D eigenvalue weighted by Crippen LogP contribution is 2.43. The molecule has 0 amide bonds. The van der Waals surface area contributed by atoms with Crippen LogP contribution in [-0.4, -0.2) is 19.1 Å². The molecule has 3 heterocycles. The van der Waals surface area contributed by atoms with Crippen LogP contribution < -0.4 is 0 Å². The van der Waals surface area contributed by atoms with Crippen LogP contribution in [0.1, 0.15) is 11.1 Å². The molecule has 6 nitrogen and oxygen atoms in total. The van der Waals surface area contributed by atoms with E-state index < -0.39 is 0 Å². The third kappa shape index (κ3) is 5.48. The van der Waals surface area contributed by atoms with Crippen LogP contribution in [0.25, 0.3) is 100 Å². The zero-order valence-electron chi connectivity index (χ0n) is 32.2. The van der Waals surface area contributed by atoms with Gasteiger partial charge in [0.05, 0.1) is 45.1 Å². The SMILES string of the molecule is N#Cc1cc(-c2nc(-c3ccccc3)nc(-c3ccccc3)c2C#N)ccc1-c1ccc2c(c1)c1ccc3c(c4ccccc4n3-c3ccccc3)c1n2-c1ccccc1. The van der Waals surface area contributed by atoms with Crippen molar-refractivity contribution in [1.29, 1.82) is 10.5 Å². The fourth-order valence-corrected chi connectivity index (χ4v) is 8.76. The fraction of sp³-hybridized carbons (Fsp3) is 0. The van der Waals surface area contributed by atoms with Gasteiger partial charge < -0.3 is 9.13 Å². The van der Waals surface area contributed by atoms with E-state index in [1.54, 1.807) is 0 Å². The van der Waals surface area contributed by atoms with Crippen LogP contribution in [0.15, 0.2) is 194 Å². The van der Waals surface area contributed by atoms with Gasteiger partial charge in [0.25, 0.3) is 0 Å². The lowest BCUT2D eigenvalue weighted by molar-refractivity contribution is 1.17. The largest absolute Gasteiger partial charge is 0.309 e. The molecule has 0 radical (unpaired) electrons. The van der Waals surface area contributed by atoms with Gasteiger partial charge in [-0.2, -0.15) is 10.5 Å². The van der Waals surface area contributed by atoms with Gasteiger partial charge in [0.15, 0.2) is 5.82 Å². The van der Waals surface area contributed by atoms with E-state index in [9.17, 15) is 10.5 Å². The van der Waals surface area contributed by atoms with Gasteiger partial charge in [0.2, 0.25) is 0 Å². The Kier molecular flexibility index (Phi) is 8.15. The van der Waals surface area contributed by atoms with Crippen LogP contribution in [0.5, 0.6) is 0 Å². The maximum atomic E-state index is 10.7. The highest BCUT2D eigenvalue weighted by Gasteiger charge is 2.23. The molecular formula is C54H32N6. The molecule has 0 unspecified atom stereocenters. The predicted octanol–water partition coefficient (Wildman–Crippen LogP) is 13.1. The molecule has 60 heavy (non-hydrogen) atoms. The van der Waals surface area contributed by atoms with Gasteiger partial charge >= 0.3 is 0 Å². The Morgan fingerprint density at radius 3 is 1.65 bits per heavy atom. The molecule has 0 aliphatic rings. The molecule has 8 aromatic carbocycles. The summed E-state index contributed by atoms with van der Waals surface area (Å²) in [7, 11) is 0. The quantitative estimate of drug-likeness (QED) is 0.169. The minimum atomic E-state index is 0.354. The second-order valence-corrected chi connectivity index (χ2v) is 14.8. The number of benzene rings is 8. The first-order chi connectivity index (χ1) is 29.7. The van der Waals surface area contributed by atoms with Crippen molar-refractivity contribution in [2.45, 2.75) is 0 Å². The van der Waals surface area contributed by atoms with Gasteiger partial charge in [-0.3, -0.25) is 0 Å². The van der Waals surface area contributed by atoms with E-state index in [4.69, 9.17) is 9.97 Å². The van der Waals surface area contributed by atoms with E-state index >= 15 is 0 Å². The smallest absolute Gasteiger partial charge is 0.160 e. The summed E-state index contributed by atoms with van der Waals surface area (Å²) in [5.74, 6) is 0.507. The number of rotatable bonds is 6. The zero-order chi connectivity index (χ0) is 40.2. The lowest BCUT2D eigenvalue weighted by Gasteiger charge is -2.13. The molecule has 11 aromatic rings. The highest BCUT2D eigenvalue weighted by molar-refractivity contribution is 6.26. The van der Waals surface area contributed by atoms with Gasteiger partial charge in [-0.25, -0.2) is 9.97 Å². The van der Waals surface area contributed by atoms with Crippen LogP contribution in [0, 0.1) is 22.7 Å². The molecule has 0 saturated heterocycles. The van der Waals surface area contributed by atoms with Crippen molar-refractivity contribution in [2.24, 2.45) is 0 Å². The Hall–Kier alpha value is -8.58. The third-order valence-corrected chi connectivity index (χ3v) is 11.4. The van der Waals surface area contributed by atoms with Crippen molar-refractivity contribution in [1.82, 2.24) is 19.1 Å². The van der Waals surface area contributed by atoms with Gasteiger partial charge in [0.1, 0.15) is 11.6 Å². The fourth-order valence-electron chi connectivity index (χ4n) is 8.76. The average Bonchev–Trinajstić information content (AvgIpc) is 3.84. The number of aromatic nitrogens is 4. The Labute approximate surface area is 345 Å². The molecule has 0 spiro atoms. The average molecular weight is 765 g/mol. The summed E-state index contributed by atoms with van der Waals surface area (Å²) in [6.07, 6.45) is 0. The monoisotopic (exact) mass is 764 g/mol. The van der Waals surface area contributed by atoms with Crippen molar-refractivity contribution in [3.63, 3.8) is 0 Å². The van der Waals surface area contributed by atoms with Gasteiger partial charge in [-0.1, -0.05) is 140 Å². The summed E-state index contributed by atoms with van der Waals surface area (Å²) in [6.45, 7) is 0. The van der Waals surface area contributed by atoms with E-state index in [0.29, 0.717) is 33.9 Å². The predicted molar refractivity (Wildman–Crippen MR) is 242 cm³/mol. The molecule has 11 rings (SSSR count). The maximum absolute atomic E-state index is 10.7. The molecule has 3 aromatic heterocycles. The molecule has 0 aliphatic heterocycles.